The highest BCUT2D eigenvalue weighted by Crippen LogP contribution is 1.97. The number of aliphatic hydroxyl groups excluding tert-OH is 2. The fourth-order valence-corrected chi connectivity index (χ4v) is 1.41. The zero-order valence-corrected chi connectivity index (χ0v) is 11.2. The second kappa shape index (κ2) is 11.5. The van der Waals surface area contributed by atoms with E-state index < -0.39 is 12.2 Å². The highest BCUT2D eigenvalue weighted by atomic mass is 16.6. The summed E-state index contributed by atoms with van der Waals surface area (Å²) in [6.45, 7) is 3.74. The molecular formula is C12H24O7. The van der Waals surface area contributed by atoms with Gasteiger partial charge in [0.25, 0.3) is 0 Å². The monoisotopic (exact) mass is 280 g/mol. The molecule has 0 spiro atoms. The number of hydrogen-bond donors (Lipinski definition) is 2. The highest BCUT2D eigenvalue weighted by Gasteiger charge is 2.16. The molecule has 1 rings (SSSR count). The summed E-state index contributed by atoms with van der Waals surface area (Å²) in [7, 11) is 0. The highest BCUT2D eigenvalue weighted by molar-refractivity contribution is 4.65. The van der Waals surface area contributed by atoms with E-state index in [-0.39, 0.29) is 13.2 Å². The van der Waals surface area contributed by atoms with E-state index >= 15 is 0 Å². The molecule has 1 saturated heterocycles. The van der Waals surface area contributed by atoms with Crippen LogP contribution in [-0.2, 0) is 23.7 Å². The molecule has 1 aliphatic heterocycles. The Morgan fingerprint density at radius 2 is 0.737 bits per heavy atom. The van der Waals surface area contributed by atoms with Crippen molar-refractivity contribution in [1.29, 1.82) is 0 Å². The average Bonchev–Trinajstić information content (AvgIpc) is 2.41. The second-order valence-corrected chi connectivity index (χ2v) is 4.12. The largest absolute Gasteiger partial charge is 0.388 e. The quantitative estimate of drug-likeness (QED) is 0.576. The van der Waals surface area contributed by atoms with Crippen LogP contribution in [0.1, 0.15) is 0 Å². The van der Waals surface area contributed by atoms with E-state index in [1.54, 1.807) is 0 Å². The van der Waals surface area contributed by atoms with Crippen LogP contribution in [0.5, 0.6) is 0 Å². The maximum atomic E-state index is 9.59. The van der Waals surface area contributed by atoms with Crippen molar-refractivity contribution in [2.24, 2.45) is 0 Å². The number of aliphatic hydroxyl groups is 2. The predicted molar refractivity (Wildman–Crippen MR) is 66.1 cm³/mol. The van der Waals surface area contributed by atoms with Gasteiger partial charge in [0.15, 0.2) is 0 Å². The summed E-state index contributed by atoms with van der Waals surface area (Å²) >= 11 is 0. The van der Waals surface area contributed by atoms with E-state index in [2.05, 4.69) is 0 Å². The van der Waals surface area contributed by atoms with Crippen molar-refractivity contribution >= 4 is 0 Å². The summed E-state index contributed by atoms with van der Waals surface area (Å²) in [5.41, 5.74) is 0. The lowest BCUT2D eigenvalue weighted by molar-refractivity contribution is -0.0797. The van der Waals surface area contributed by atoms with Crippen molar-refractivity contribution in [2.45, 2.75) is 12.2 Å². The third-order valence-corrected chi connectivity index (χ3v) is 2.51. The van der Waals surface area contributed by atoms with Crippen molar-refractivity contribution in [1.82, 2.24) is 0 Å². The van der Waals surface area contributed by atoms with Crippen molar-refractivity contribution < 1.29 is 33.9 Å². The summed E-state index contributed by atoms with van der Waals surface area (Å²) in [5.74, 6) is 0. The van der Waals surface area contributed by atoms with Gasteiger partial charge in [-0.2, -0.15) is 0 Å². The third-order valence-electron chi connectivity index (χ3n) is 2.51. The Balaban J connectivity index is 2.19. The predicted octanol–water partition coefficient (Wildman–Crippen LogP) is -1.20. The summed E-state index contributed by atoms with van der Waals surface area (Å²) in [6, 6.07) is 0. The maximum Gasteiger partial charge on any atom is 0.105 e. The summed E-state index contributed by atoms with van der Waals surface area (Å²) in [5, 5.41) is 19.2. The lowest BCUT2D eigenvalue weighted by Gasteiger charge is -2.17. The standard InChI is InChI=1S/C12H24O7/c13-11-9-18-7-5-16-3-1-15-2-4-17-6-8-19-10-12(11)14/h11-14H,1-10H2. The zero-order chi connectivity index (χ0) is 13.8. The smallest absolute Gasteiger partial charge is 0.105 e. The molecule has 7 heteroatoms. The number of ether oxygens (including phenoxy) is 5. The summed E-state index contributed by atoms with van der Waals surface area (Å²) in [4.78, 5) is 0. The van der Waals surface area contributed by atoms with Gasteiger partial charge in [-0.05, 0) is 0 Å². The first-order valence-corrected chi connectivity index (χ1v) is 6.55. The van der Waals surface area contributed by atoms with Crippen LogP contribution in [0.15, 0.2) is 0 Å². The molecule has 0 aromatic rings. The molecule has 114 valence electrons. The van der Waals surface area contributed by atoms with Gasteiger partial charge in [-0.3, -0.25) is 0 Å². The molecule has 19 heavy (non-hydrogen) atoms. The molecule has 0 amide bonds. The van der Waals surface area contributed by atoms with E-state index in [0.29, 0.717) is 52.9 Å². The first-order chi connectivity index (χ1) is 9.30. The molecule has 0 aromatic heterocycles. The first-order valence-electron chi connectivity index (χ1n) is 6.55. The fourth-order valence-electron chi connectivity index (χ4n) is 1.41. The van der Waals surface area contributed by atoms with Crippen molar-refractivity contribution in [3.05, 3.63) is 0 Å². The van der Waals surface area contributed by atoms with Gasteiger partial charge in [-0.15, -0.1) is 0 Å². The Bertz CT molecular complexity index is 183. The van der Waals surface area contributed by atoms with Gasteiger partial charge in [-0.25, -0.2) is 0 Å². The molecule has 2 N–H and O–H groups in total. The van der Waals surface area contributed by atoms with Gasteiger partial charge in [0.05, 0.1) is 66.1 Å². The molecule has 2 unspecified atom stereocenters. The first kappa shape index (κ1) is 16.8. The Hall–Kier alpha value is -0.280. The Labute approximate surface area is 113 Å². The third kappa shape index (κ3) is 9.28. The molecule has 1 aliphatic rings. The minimum absolute atomic E-state index is 0.0564. The summed E-state index contributed by atoms with van der Waals surface area (Å²) < 4.78 is 26.2. The molecule has 1 fully saturated rings. The van der Waals surface area contributed by atoms with Crippen LogP contribution in [0.25, 0.3) is 0 Å². The normalized spacial score (nSPS) is 30.6. The van der Waals surface area contributed by atoms with Crippen LogP contribution >= 0.6 is 0 Å². The molecule has 0 aromatic carbocycles. The van der Waals surface area contributed by atoms with E-state index in [0.717, 1.165) is 0 Å². The fraction of sp³-hybridized carbons (Fsp3) is 1.00. The van der Waals surface area contributed by atoms with Gasteiger partial charge in [0.1, 0.15) is 12.2 Å². The van der Waals surface area contributed by atoms with Crippen LogP contribution in [0, 0.1) is 0 Å². The van der Waals surface area contributed by atoms with Crippen LogP contribution in [0.3, 0.4) is 0 Å². The van der Waals surface area contributed by atoms with Crippen molar-refractivity contribution in [3.63, 3.8) is 0 Å². The van der Waals surface area contributed by atoms with Gasteiger partial charge < -0.3 is 33.9 Å². The minimum Gasteiger partial charge on any atom is -0.388 e. The van der Waals surface area contributed by atoms with E-state index in [9.17, 15) is 10.2 Å². The van der Waals surface area contributed by atoms with E-state index in [1.165, 1.54) is 0 Å². The summed E-state index contributed by atoms with van der Waals surface area (Å²) in [6.07, 6.45) is -1.92. The molecular weight excluding hydrogens is 256 g/mol. The Kier molecular flexibility index (Phi) is 10.2. The van der Waals surface area contributed by atoms with Gasteiger partial charge in [-0.1, -0.05) is 0 Å². The Morgan fingerprint density at radius 1 is 0.474 bits per heavy atom. The molecule has 0 saturated carbocycles. The molecule has 0 radical (unpaired) electrons. The minimum atomic E-state index is -0.958. The molecule has 7 nitrogen and oxygen atoms in total. The second-order valence-electron chi connectivity index (χ2n) is 4.12. The van der Waals surface area contributed by atoms with Crippen molar-refractivity contribution in [2.75, 3.05) is 66.1 Å². The average molecular weight is 280 g/mol. The maximum absolute atomic E-state index is 9.59. The van der Waals surface area contributed by atoms with Crippen LogP contribution in [0.4, 0.5) is 0 Å². The molecule has 2 atom stereocenters. The Morgan fingerprint density at radius 3 is 1.05 bits per heavy atom. The van der Waals surface area contributed by atoms with Gasteiger partial charge >= 0.3 is 0 Å². The van der Waals surface area contributed by atoms with Crippen LogP contribution in [-0.4, -0.2) is 88.5 Å². The molecule has 1 heterocycles. The van der Waals surface area contributed by atoms with E-state index in [4.69, 9.17) is 23.7 Å². The molecule has 0 bridgehead atoms. The van der Waals surface area contributed by atoms with Gasteiger partial charge in [0, 0.05) is 0 Å². The van der Waals surface area contributed by atoms with E-state index in [1.807, 2.05) is 0 Å². The SMILES string of the molecule is OC1COCCOCCOCCOCCOCC1O. The van der Waals surface area contributed by atoms with Crippen molar-refractivity contribution in [3.8, 4) is 0 Å². The zero-order valence-electron chi connectivity index (χ0n) is 11.2. The van der Waals surface area contributed by atoms with Crippen LogP contribution in [0.2, 0.25) is 0 Å². The topological polar surface area (TPSA) is 86.6 Å². The van der Waals surface area contributed by atoms with Gasteiger partial charge in [0.2, 0.25) is 0 Å². The number of rotatable bonds is 0. The lowest BCUT2D eigenvalue weighted by atomic mass is 10.2. The molecule has 0 aliphatic carbocycles. The van der Waals surface area contributed by atoms with Crippen LogP contribution < -0.4 is 0 Å². The lowest BCUT2D eigenvalue weighted by Crippen LogP contribution is -2.35. The number of hydrogen-bond acceptors (Lipinski definition) is 7.